The van der Waals surface area contributed by atoms with E-state index in [1.54, 1.807) is 31.3 Å². The van der Waals surface area contributed by atoms with Crippen LogP contribution in [0.5, 0.6) is 0 Å². The van der Waals surface area contributed by atoms with Gasteiger partial charge in [0.2, 0.25) is 0 Å². The van der Waals surface area contributed by atoms with E-state index < -0.39 is 6.43 Å². The summed E-state index contributed by atoms with van der Waals surface area (Å²) in [5.74, 6) is 0. The summed E-state index contributed by atoms with van der Waals surface area (Å²) >= 11 is 0. The Morgan fingerprint density at radius 1 is 1.50 bits per heavy atom. The van der Waals surface area contributed by atoms with Gasteiger partial charge in [0.25, 0.3) is 6.43 Å². The molecule has 0 unspecified atom stereocenters. The summed E-state index contributed by atoms with van der Waals surface area (Å²) < 4.78 is 24.1. The number of alkyl halides is 2. The lowest BCUT2D eigenvalue weighted by molar-refractivity contribution is 0.156. The van der Waals surface area contributed by atoms with Gasteiger partial charge in [0, 0.05) is 12.7 Å². The second-order valence-electron chi connectivity index (χ2n) is 2.93. The molecular weight excluding hydrogens is 186 g/mol. The zero-order chi connectivity index (χ0) is 10.6. The number of nitriles is 1. The maximum absolute atomic E-state index is 12.0. The van der Waals surface area contributed by atoms with Gasteiger partial charge < -0.3 is 4.90 Å². The third-order valence-corrected chi connectivity index (χ3v) is 1.83. The predicted octanol–water partition coefficient (Wildman–Crippen LogP) is 2.26. The Morgan fingerprint density at radius 3 is 2.79 bits per heavy atom. The molecule has 0 heterocycles. The molecule has 0 atom stereocenters. The van der Waals surface area contributed by atoms with Gasteiger partial charge in [-0.1, -0.05) is 6.07 Å². The SMILES string of the molecule is CN(CC(F)F)c1cccc(C#N)c1. The van der Waals surface area contributed by atoms with Crippen LogP contribution in [0, 0.1) is 11.3 Å². The molecule has 2 nitrogen and oxygen atoms in total. The molecule has 0 spiro atoms. The highest BCUT2D eigenvalue weighted by Crippen LogP contribution is 2.15. The van der Waals surface area contributed by atoms with Crippen molar-refractivity contribution in [2.75, 3.05) is 18.5 Å². The fraction of sp³-hybridized carbons (Fsp3) is 0.300. The zero-order valence-electron chi connectivity index (χ0n) is 7.74. The standard InChI is InChI=1S/C10H10F2N2/c1-14(7-10(11)12)9-4-2-3-8(5-9)6-13/h2-5,10H,7H2,1H3. The smallest absolute Gasteiger partial charge is 0.255 e. The fourth-order valence-corrected chi connectivity index (χ4v) is 1.13. The molecule has 74 valence electrons. The number of nitrogens with zero attached hydrogens (tertiary/aromatic N) is 2. The van der Waals surface area contributed by atoms with Crippen LogP contribution >= 0.6 is 0 Å². The minimum Gasteiger partial charge on any atom is -0.369 e. The zero-order valence-corrected chi connectivity index (χ0v) is 7.74. The number of rotatable bonds is 3. The first-order chi connectivity index (χ1) is 6.63. The van der Waals surface area contributed by atoms with Crippen molar-refractivity contribution in [3.63, 3.8) is 0 Å². The van der Waals surface area contributed by atoms with E-state index in [9.17, 15) is 8.78 Å². The summed E-state index contributed by atoms with van der Waals surface area (Å²) in [4.78, 5) is 1.42. The molecule has 4 heteroatoms. The fourth-order valence-electron chi connectivity index (χ4n) is 1.13. The van der Waals surface area contributed by atoms with E-state index in [0.29, 0.717) is 11.3 Å². The Morgan fingerprint density at radius 2 is 2.21 bits per heavy atom. The van der Waals surface area contributed by atoms with Gasteiger partial charge in [-0.05, 0) is 18.2 Å². The van der Waals surface area contributed by atoms with Crippen LogP contribution in [0.2, 0.25) is 0 Å². The first kappa shape index (κ1) is 10.5. The molecule has 0 aliphatic rings. The minimum atomic E-state index is -2.37. The number of halogens is 2. The van der Waals surface area contributed by atoms with Crippen molar-refractivity contribution in [1.29, 1.82) is 5.26 Å². The molecule has 0 saturated carbocycles. The molecule has 1 aromatic rings. The average molecular weight is 196 g/mol. The molecular formula is C10H10F2N2. The Labute approximate surface area is 81.4 Å². The van der Waals surface area contributed by atoms with E-state index in [2.05, 4.69) is 0 Å². The number of benzene rings is 1. The predicted molar refractivity (Wildman–Crippen MR) is 50.4 cm³/mol. The number of hydrogen-bond acceptors (Lipinski definition) is 2. The van der Waals surface area contributed by atoms with Crippen molar-refractivity contribution in [2.45, 2.75) is 6.43 Å². The monoisotopic (exact) mass is 196 g/mol. The third kappa shape index (κ3) is 2.70. The molecule has 1 rings (SSSR count). The van der Waals surface area contributed by atoms with Crippen molar-refractivity contribution in [3.8, 4) is 6.07 Å². The highest BCUT2D eigenvalue weighted by atomic mass is 19.3. The third-order valence-electron chi connectivity index (χ3n) is 1.83. The summed E-state index contributed by atoms with van der Waals surface area (Å²) in [6, 6.07) is 8.56. The molecule has 0 aliphatic heterocycles. The normalized spacial score (nSPS) is 9.93. The van der Waals surface area contributed by atoms with Crippen molar-refractivity contribution < 1.29 is 8.78 Å². The average Bonchev–Trinajstić information content (AvgIpc) is 2.17. The van der Waals surface area contributed by atoms with E-state index in [4.69, 9.17) is 5.26 Å². The van der Waals surface area contributed by atoms with Gasteiger partial charge in [0.1, 0.15) is 0 Å². The lowest BCUT2D eigenvalue weighted by atomic mass is 10.2. The molecule has 0 aliphatic carbocycles. The number of hydrogen-bond donors (Lipinski definition) is 0. The van der Waals surface area contributed by atoms with Crippen LogP contribution in [-0.4, -0.2) is 20.0 Å². The summed E-state index contributed by atoms with van der Waals surface area (Å²) in [5.41, 5.74) is 1.10. The summed E-state index contributed by atoms with van der Waals surface area (Å²) in [6.07, 6.45) is -2.37. The van der Waals surface area contributed by atoms with Crippen LogP contribution in [0.3, 0.4) is 0 Å². The molecule has 0 saturated heterocycles. The van der Waals surface area contributed by atoms with Crippen LogP contribution in [0.25, 0.3) is 0 Å². The van der Waals surface area contributed by atoms with Crippen molar-refractivity contribution in [2.24, 2.45) is 0 Å². The van der Waals surface area contributed by atoms with Crippen molar-refractivity contribution in [1.82, 2.24) is 0 Å². The molecule has 0 aromatic heterocycles. The Kier molecular flexibility index (Phi) is 3.41. The van der Waals surface area contributed by atoms with Crippen LogP contribution < -0.4 is 4.90 Å². The van der Waals surface area contributed by atoms with E-state index in [1.807, 2.05) is 6.07 Å². The van der Waals surface area contributed by atoms with Crippen LogP contribution in [0.1, 0.15) is 5.56 Å². The summed E-state index contributed by atoms with van der Waals surface area (Å²) in [6.45, 7) is -0.325. The van der Waals surface area contributed by atoms with E-state index in [0.717, 1.165) is 0 Å². The maximum atomic E-state index is 12.0. The van der Waals surface area contributed by atoms with Gasteiger partial charge in [0.05, 0.1) is 18.2 Å². The molecule has 0 amide bonds. The van der Waals surface area contributed by atoms with Gasteiger partial charge >= 0.3 is 0 Å². The molecule has 0 radical (unpaired) electrons. The summed E-state index contributed by atoms with van der Waals surface area (Å²) in [7, 11) is 1.57. The Balaban J connectivity index is 2.80. The van der Waals surface area contributed by atoms with Crippen molar-refractivity contribution >= 4 is 5.69 Å². The lowest BCUT2D eigenvalue weighted by Crippen LogP contribution is -2.23. The first-order valence-corrected chi connectivity index (χ1v) is 4.13. The second-order valence-corrected chi connectivity index (χ2v) is 2.93. The molecule has 1 aromatic carbocycles. The van der Waals surface area contributed by atoms with Gasteiger partial charge in [-0.25, -0.2) is 8.78 Å². The van der Waals surface area contributed by atoms with Gasteiger partial charge in [-0.15, -0.1) is 0 Å². The quantitative estimate of drug-likeness (QED) is 0.741. The first-order valence-electron chi connectivity index (χ1n) is 4.13. The van der Waals surface area contributed by atoms with Crippen LogP contribution in [-0.2, 0) is 0 Å². The van der Waals surface area contributed by atoms with Gasteiger partial charge in [-0.2, -0.15) is 5.26 Å². The Bertz CT molecular complexity index is 344. The molecule has 0 N–H and O–H groups in total. The Hall–Kier alpha value is -1.63. The largest absolute Gasteiger partial charge is 0.369 e. The van der Waals surface area contributed by atoms with Crippen LogP contribution in [0.4, 0.5) is 14.5 Å². The molecule has 0 fully saturated rings. The minimum absolute atomic E-state index is 0.325. The van der Waals surface area contributed by atoms with E-state index in [-0.39, 0.29) is 6.54 Å². The van der Waals surface area contributed by atoms with Gasteiger partial charge in [-0.3, -0.25) is 0 Å². The van der Waals surface area contributed by atoms with Gasteiger partial charge in [0.15, 0.2) is 0 Å². The highest BCUT2D eigenvalue weighted by molar-refractivity contribution is 5.50. The lowest BCUT2D eigenvalue weighted by Gasteiger charge is -2.18. The second kappa shape index (κ2) is 4.56. The van der Waals surface area contributed by atoms with E-state index >= 15 is 0 Å². The van der Waals surface area contributed by atoms with Crippen LogP contribution in [0.15, 0.2) is 24.3 Å². The van der Waals surface area contributed by atoms with Crippen molar-refractivity contribution in [3.05, 3.63) is 29.8 Å². The highest BCUT2D eigenvalue weighted by Gasteiger charge is 2.08. The molecule has 0 bridgehead atoms. The van der Waals surface area contributed by atoms with E-state index in [1.165, 1.54) is 4.90 Å². The topological polar surface area (TPSA) is 27.0 Å². The maximum Gasteiger partial charge on any atom is 0.255 e. The molecule has 14 heavy (non-hydrogen) atoms. The number of anilines is 1. The summed E-state index contributed by atoms with van der Waals surface area (Å²) in [5, 5.41) is 8.61.